The van der Waals surface area contributed by atoms with Gasteiger partial charge in [-0.25, -0.2) is 4.79 Å². The summed E-state index contributed by atoms with van der Waals surface area (Å²) in [6.07, 6.45) is 50.3. The van der Waals surface area contributed by atoms with Crippen LogP contribution in [0.1, 0.15) is 136 Å². The summed E-state index contributed by atoms with van der Waals surface area (Å²) in [7, 11) is 5.49. The molecule has 56 heavy (non-hydrogen) atoms. The third-order valence-electron chi connectivity index (χ3n) is 8.73. The van der Waals surface area contributed by atoms with E-state index in [0.717, 1.165) is 96.3 Å². The van der Waals surface area contributed by atoms with Crippen LogP contribution in [0.5, 0.6) is 0 Å². The molecule has 8 nitrogen and oxygen atoms in total. The number of carboxylic acid groups (broad SMARTS) is 1. The average molecular weight is 781 g/mol. The van der Waals surface area contributed by atoms with E-state index < -0.39 is 18.1 Å². The largest absolute Gasteiger partial charge is 0.477 e. The Kier molecular flexibility index (Phi) is 35.6. The van der Waals surface area contributed by atoms with Gasteiger partial charge in [-0.2, -0.15) is 0 Å². The Morgan fingerprint density at radius 2 is 0.946 bits per heavy atom. The Labute approximate surface area is 341 Å². The summed E-state index contributed by atoms with van der Waals surface area (Å²) in [5.41, 5.74) is 0. The summed E-state index contributed by atoms with van der Waals surface area (Å²) >= 11 is 0. The van der Waals surface area contributed by atoms with E-state index in [1.807, 2.05) is 21.1 Å². The Hall–Kier alpha value is -3.75. The maximum absolute atomic E-state index is 12.7. The van der Waals surface area contributed by atoms with Gasteiger partial charge in [0.05, 0.1) is 34.4 Å². The molecule has 316 valence electrons. The van der Waals surface area contributed by atoms with Crippen LogP contribution in [0.25, 0.3) is 0 Å². The second-order valence-electron chi connectivity index (χ2n) is 14.8. The third kappa shape index (κ3) is 35.9. The normalized spacial score (nSPS) is 13.9. The second-order valence-corrected chi connectivity index (χ2v) is 14.8. The topological polar surface area (TPSA) is 99.1 Å². The summed E-state index contributed by atoms with van der Waals surface area (Å²) < 4.78 is 17.2. The first-order valence-electron chi connectivity index (χ1n) is 21.3. The van der Waals surface area contributed by atoms with E-state index in [0.29, 0.717) is 19.3 Å². The van der Waals surface area contributed by atoms with Gasteiger partial charge in [0.25, 0.3) is 0 Å². The molecular weight excluding hydrogens is 703 g/mol. The maximum Gasteiger partial charge on any atom is 0.362 e. The monoisotopic (exact) mass is 781 g/mol. The fraction of sp³-hybridized carbons (Fsp3) is 0.604. The summed E-state index contributed by atoms with van der Waals surface area (Å²) in [6, 6.07) is -0.631. The molecule has 0 aliphatic heterocycles. The number of rotatable bonds is 36. The van der Waals surface area contributed by atoms with Crippen molar-refractivity contribution in [1.82, 2.24) is 0 Å². The second kappa shape index (κ2) is 38.1. The van der Waals surface area contributed by atoms with Crippen LogP contribution in [0.15, 0.2) is 97.2 Å². The number of aliphatic carboxylic acids is 1. The van der Waals surface area contributed by atoms with Crippen molar-refractivity contribution in [2.75, 3.05) is 41.0 Å². The number of nitrogens with zero attached hydrogens (tertiary/aromatic N) is 1. The quantitative estimate of drug-likeness (QED) is 0.0292. The van der Waals surface area contributed by atoms with Gasteiger partial charge in [-0.3, -0.25) is 9.59 Å². The Bertz CT molecular complexity index is 1230. The van der Waals surface area contributed by atoms with Gasteiger partial charge in [0.1, 0.15) is 6.61 Å². The molecule has 8 heteroatoms. The zero-order valence-corrected chi connectivity index (χ0v) is 35.8. The zero-order valence-electron chi connectivity index (χ0n) is 35.8. The van der Waals surface area contributed by atoms with Gasteiger partial charge in [0, 0.05) is 19.3 Å². The summed E-state index contributed by atoms with van der Waals surface area (Å²) in [5.74, 6) is -1.57. The number of hydrogen-bond acceptors (Lipinski definition) is 6. The molecule has 0 rings (SSSR count). The summed E-state index contributed by atoms with van der Waals surface area (Å²) in [6.45, 7) is 4.40. The first-order valence-corrected chi connectivity index (χ1v) is 21.3. The van der Waals surface area contributed by atoms with Gasteiger partial charge >= 0.3 is 17.9 Å². The highest BCUT2D eigenvalue weighted by atomic mass is 16.6. The number of esters is 2. The van der Waals surface area contributed by atoms with Crippen molar-refractivity contribution in [2.45, 2.75) is 148 Å². The molecule has 0 bridgehead atoms. The number of hydrogen-bond donors (Lipinski definition) is 1. The maximum atomic E-state index is 12.7. The lowest BCUT2D eigenvalue weighted by molar-refractivity contribution is -0.887. The molecule has 1 N–H and O–H groups in total. The van der Waals surface area contributed by atoms with E-state index in [1.165, 1.54) is 0 Å². The summed E-state index contributed by atoms with van der Waals surface area (Å²) in [4.78, 5) is 36.9. The SMILES string of the molecule is CC/C=C/C/C=C/C/C=C/C/C=C/C/C=C/CCCCCCC(=O)OCC(COCCC(C(=O)O)[N+](C)(C)C)OC(=O)CCCC/C=C/C/C=C/C/C=C/CC. The van der Waals surface area contributed by atoms with E-state index in [4.69, 9.17) is 14.2 Å². The molecule has 0 amide bonds. The molecule has 0 aromatic carbocycles. The zero-order chi connectivity index (χ0) is 41.4. The molecule has 0 aromatic rings. The van der Waals surface area contributed by atoms with Crippen LogP contribution in [0.3, 0.4) is 0 Å². The van der Waals surface area contributed by atoms with Gasteiger partial charge in [-0.1, -0.05) is 124 Å². The number of carbonyl (C=O) groups is 3. The summed E-state index contributed by atoms with van der Waals surface area (Å²) in [5, 5.41) is 9.60. The number of carbonyl (C=O) groups excluding carboxylic acids is 2. The molecule has 2 atom stereocenters. The van der Waals surface area contributed by atoms with Crippen LogP contribution in [-0.2, 0) is 28.6 Å². The van der Waals surface area contributed by atoms with Gasteiger partial charge < -0.3 is 23.8 Å². The fourth-order valence-electron chi connectivity index (χ4n) is 5.48. The van der Waals surface area contributed by atoms with E-state index in [9.17, 15) is 19.5 Å². The van der Waals surface area contributed by atoms with Gasteiger partial charge in [-0.15, -0.1) is 0 Å². The average Bonchev–Trinajstić information content (AvgIpc) is 3.15. The minimum absolute atomic E-state index is 0.0305. The number of unbranched alkanes of at least 4 members (excludes halogenated alkanes) is 6. The predicted molar refractivity (Wildman–Crippen MR) is 233 cm³/mol. The third-order valence-corrected chi connectivity index (χ3v) is 8.73. The Morgan fingerprint density at radius 3 is 1.41 bits per heavy atom. The number of likely N-dealkylation sites (N-methyl/N-ethyl adjacent to an activating group) is 1. The molecule has 0 radical (unpaired) electrons. The minimum Gasteiger partial charge on any atom is -0.477 e. The first kappa shape index (κ1) is 52.2. The van der Waals surface area contributed by atoms with Gasteiger partial charge in [-0.05, 0) is 89.9 Å². The van der Waals surface area contributed by atoms with E-state index in [1.54, 1.807) is 0 Å². The van der Waals surface area contributed by atoms with Crippen LogP contribution in [0.2, 0.25) is 0 Å². The molecule has 0 aliphatic rings. The molecule has 2 unspecified atom stereocenters. The molecule has 0 saturated heterocycles. The van der Waals surface area contributed by atoms with Crippen LogP contribution < -0.4 is 0 Å². The number of ether oxygens (including phenoxy) is 3. The molecule has 0 aliphatic carbocycles. The van der Waals surface area contributed by atoms with Crippen molar-refractivity contribution in [1.29, 1.82) is 0 Å². The van der Waals surface area contributed by atoms with E-state index in [2.05, 4.69) is 111 Å². The lowest BCUT2D eigenvalue weighted by atomic mass is 10.1. The number of carboxylic acids is 1. The Morgan fingerprint density at radius 1 is 0.536 bits per heavy atom. The van der Waals surface area contributed by atoms with Crippen molar-refractivity contribution in [3.8, 4) is 0 Å². The lowest BCUT2D eigenvalue weighted by Crippen LogP contribution is -2.50. The predicted octanol–water partition coefficient (Wildman–Crippen LogP) is 11.5. The van der Waals surface area contributed by atoms with Crippen LogP contribution in [-0.4, -0.2) is 80.6 Å². The van der Waals surface area contributed by atoms with Crippen LogP contribution in [0, 0.1) is 0 Å². The first-order chi connectivity index (χ1) is 27.1. The number of allylic oxidation sites excluding steroid dienone is 16. The Balaban J connectivity index is 4.44. The molecule has 0 fully saturated rings. The van der Waals surface area contributed by atoms with Crippen molar-refractivity contribution in [3.63, 3.8) is 0 Å². The van der Waals surface area contributed by atoms with Crippen molar-refractivity contribution in [2.24, 2.45) is 0 Å². The highest BCUT2D eigenvalue weighted by Gasteiger charge is 2.31. The van der Waals surface area contributed by atoms with E-state index in [-0.39, 0.29) is 42.7 Å². The van der Waals surface area contributed by atoms with Crippen molar-refractivity contribution in [3.05, 3.63) is 97.2 Å². The van der Waals surface area contributed by atoms with E-state index >= 15 is 0 Å². The lowest BCUT2D eigenvalue weighted by Gasteiger charge is -2.31. The molecule has 0 heterocycles. The van der Waals surface area contributed by atoms with Crippen LogP contribution in [0.4, 0.5) is 0 Å². The number of quaternary nitrogens is 1. The van der Waals surface area contributed by atoms with Crippen molar-refractivity contribution < 1.29 is 38.2 Å². The highest BCUT2D eigenvalue weighted by molar-refractivity contribution is 5.72. The molecule has 0 saturated carbocycles. The highest BCUT2D eigenvalue weighted by Crippen LogP contribution is 2.11. The minimum atomic E-state index is -0.890. The molecular formula is C48H78NO7+. The standard InChI is InChI=1S/C48H77NO7/c1-6-8-10-12-14-16-18-20-21-22-23-24-25-26-27-29-30-32-34-36-38-46(50)55-43-44(42-54-41-40-45(48(52)53)49(3,4)5)56-47(51)39-37-35-33-31-28-19-17-15-13-11-9-7-2/h8-11,14-17,20-21,23-24,26-28,31,44-45H,6-7,12-13,18-19,22,25,29-30,32-43H2,1-5H3/p+1/b10-8+,11-9+,16-14+,17-15+,21-20+,24-23+,27-26+,31-28+. The van der Waals surface area contributed by atoms with Gasteiger partial charge in [0.2, 0.25) is 0 Å². The molecule has 0 spiro atoms. The smallest absolute Gasteiger partial charge is 0.362 e. The van der Waals surface area contributed by atoms with Gasteiger partial charge in [0.15, 0.2) is 12.1 Å². The van der Waals surface area contributed by atoms with Crippen LogP contribution >= 0.6 is 0 Å². The molecule has 0 aromatic heterocycles. The fourth-order valence-corrected chi connectivity index (χ4v) is 5.48. The van der Waals surface area contributed by atoms with Crippen molar-refractivity contribution >= 4 is 17.9 Å².